The van der Waals surface area contributed by atoms with Crippen molar-refractivity contribution in [3.8, 4) is 11.5 Å². The summed E-state index contributed by atoms with van der Waals surface area (Å²) in [5.41, 5.74) is 3.43. The summed E-state index contributed by atoms with van der Waals surface area (Å²) >= 11 is 1.75. The lowest BCUT2D eigenvalue weighted by molar-refractivity contribution is 0.0931. The van der Waals surface area contributed by atoms with Gasteiger partial charge in [0.1, 0.15) is 5.82 Å². The van der Waals surface area contributed by atoms with Crippen molar-refractivity contribution in [1.82, 2.24) is 25.0 Å². The molecule has 3 aromatic heterocycles. The van der Waals surface area contributed by atoms with Crippen molar-refractivity contribution in [1.29, 1.82) is 0 Å². The van der Waals surface area contributed by atoms with Crippen LogP contribution in [-0.4, -0.2) is 31.6 Å². The number of amides is 1. The Kier molecular flexibility index (Phi) is 8.75. The van der Waals surface area contributed by atoms with Gasteiger partial charge >= 0.3 is 0 Å². The summed E-state index contributed by atoms with van der Waals surface area (Å²) in [5, 5.41) is 9.53. The lowest BCUT2D eigenvalue weighted by Crippen LogP contribution is -2.37. The summed E-state index contributed by atoms with van der Waals surface area (Å²) in [5.74, 6) is 2.40. The van der Waals surface area contributed by atoms with Crippen molar-refractivity contribution in [2.24, 2.45) is 5.92 Å². The minimum atomic E-state index is -0.124. The van der Waals surface area contributed by atoms with Gasteiger partial charge in [-0.3, -0.25) is 4.79 Å². The summed E-state index contributed by atoms with van der Waals surface area (Å²) < 4.78 is 7.87. The monoisotopic (exact) mass is 555 g/mol. The zero-order chi connectivity index (χ0) is 28.1. The van der Waals surface area contributed by atoms with Crippen molar-refractivity contribution < 1.29 is 9.32 Å². The van der Waals surface area contributed by atoms with Crippen LogP contribution < -0.4 is 5.32 Å². The molecule has 1 N–H and O–H groups in total. The number of benzene rings is 2. The first-order chi connectivity index (χ1) is 19.4. The molecule has 0 aliphatic heterocycles. The van der Waals surface area contributed by atoms with Gasteiger partial charge in [0.25, 0.3) is 11.8 Å². The van der Waals surface area contributed by atoms with Crippen molar-refractivity contribution in [2.45, 2.75) is 71.9 Å². The number of thiophene rings is 1. The standard InChI is InChI=1S/C32H37N5O2S/c1-5-25(6-2)37-28-15-14-23(18-27(28)34-30(37)20-26-13-10-16-40-26)31(38)33-24(17-21(3)4)19-29-35-32(39-36-29)22-11-8-7-9-12-22/h7-16,18,21,24-25H,5-6,17,19-20H2,1-4H3,(H,33,38). The molecule has 40 heavy (non-hydrogen) atoms. The molecule has 0 fully saturated rings. The molecule has 3 heterocycles. The van der Waals surface area contributed by atoms with Gasteiger partial charge in [0.15, 0.2) is 5.82 Å². The maximum atomic E-state index is 13.5. The Hall–Kier alpha value is -3.78. The third-order valence-electron chi connectivity index (χ3n) is 7.25. The SMILES string of the molecule is CCC(CC)n1c(Cc2cccs2)nc2cc(C(=O)NC(Cc3noc(-c4ccccc4)n3)CC(C)C)ccc21. The average Bonchev–Trinajstić information content (AvgIpc) is 3.71. The third kappa shape index (κ3) is 6.33. The summed E-state index contributed by atoms with van der Waals surface area (Å²) in [6.45, 7) is 8.74. The first-order valence-corrected chi connectivity index (χ1v) is 15.0. The van der Waals surface area contributed by atoms with Gasteiger partial charge in [0.05, 0.1) is 11.0 Å². The van der Waals surface area contributed by atoms with Gasteiger partial charge in [-0.2, -0.15) is 4.98 Å². The molecule has 7 nitrogen and oxygen atoms in total. The van der Waals surface area contributed by atoms with Gasteiger partial charge in [0.2, 0.25) is 0 Å². The highest BCUT2D eigenvalue weighted by molar-refractivity contribution is 7.09. The van der Waals surface area contributed by atoms with Crippen LogP contribution in [0.4, 0.5) is 0 Å². The molecule has 0 saturated carbocycles. The fraction of sp³-hybridized carbons (Fsp3) is 0.375. The molecule has 0 saturated heterocycles. The Morgan fingerprint density at radius 3 is 2.52 bits per heavy atom. The number of nitrogens with one attached hydrogen (secondary N) is 1. The van der Waals surface area contributed by atoms with Gasteiger partial charge in [-0.1, -0.05) is 57.1 Å². The minimum Gasteiger partial charge on any atom is -0.349 e. The Morgan fingerprint density at radius 1 is 1.02 bits per heavy atom. The maximum absolute atomic E-state index is 13.5. The normalized spacial score (nSPS) is 12.4. The molecule has 5 rings (SSSR count). The predicted octanol–water partition coefficient (Wildman–Crippen LogP) is 7.49. The van der Waals surface area contributed by atoms with E-state index in [1.54, 1.807) is 11.3 Å². The molecule has 0 aliphatic carbocycles. The molecule has 0 bridgehead atoms. The Morgan fingerprint density at radius 2 is 1.82 bits per heavy atom. The van der Waals surface area contributed by atoms with Crippen LogP contribution in [0, 0.1) is 5.92 Å². The van der Waals surface area contributed by atoms with E-state index in [1.807, 2.05) is 42.5 Å². The fourth-order valence-electron chi connectivity index (χ4n) is 5.33. The van der Waals surface area contributed by atoms with Crippen molar-refractivity contribution in [2.75, 3.05) is 0 Å². The van der Waals surface area contributed by atoms with Crippen LogP contribution >= 0.6 is 11.3 Å². The number of fused-ring (bicyclic) bond motifs is 1. The molecule has 5 aromatic rings. The van der Waals surface area contributed by atoms with Crippen LogP contribution in [-0.2, 0) is 12.8 Å². The summed E-state index contributed by atoms with van der Waals surface area (Å²) in [4.78, 5) is 24.4. The molecule has 0 spiro atoms. The largest absolute Gasteiger partial charge is 0.349 e. The second kappa shape index (κ2) is 12.6. The lowest BCUT2D eigenvalue weighted by atomic mass is 10.00. The van der Waals surface area contributed by atoms with E-state index in [4.69, 9.17) is 9.51 Å². The second-order valence-electron chi connectivity index (χ2n) is 10.7. The van der Waals surface area contributed by atoms with Crippen LogP contribution in [0.25, 0.3) is 22.5 Å². The predicted molar refractivity (Wildman–Crippen MR) is 161 cm³/mol. The Bertz CT molecular complexity index is 1530. The number of carbonyl (C=O) groups is 1. The van der Waals surface area contributed by atoms with Crippen molar-refractivity contribution in [3.63, 3.8) is 0 Å². The minimum absolute atomic E-state index is 0.115. The Labute approximate surface area is 239 Å². The van der Waals surface area contributed by atoms with Gasteiger partial charge < -0.3 is 14.4 Å². The highest BCUT2D eigenvalue weighted by Crippen LogP contribution is 2.28. The lowest BCUT2D eigenvalue weighted by Gasteiger charge is -2.20. The van der Waals surface area contributed by atoms with Crippen LogP contribution in [0.2, 0.25) is 0 Å². The summed E-state index contributed by atoms with van der Waals surface area (Å²) in [6.07, 6.45) is 4.14. The van der Waals surface area contributed by atoms with Crippen LogP contribution in [0.1, 0.15) is 79.9 Å². The second-order valence-corrected chi connectivity index (χ2v) is 11.7. The number of aromatic nitrogens is 4. The highest BCUT2D eigenvalue weighted by Gasteiger charge is 2.22. The van der Waals surface area contributed by atoms with Crippen LogP contribution in [0.15, 0.2) is 70.6 Å². The molecule has 1 atom stereocenters. The number of imidazole rings is 1. The van der Waals surface area contributed by atoms with E-state index in [2.05, 4.69) is 71.3 Å². The fourth-order valence-corrected chi connectivity index (χ4v) is 6.03. The van der Waals surface area contributed by atoms with Gasteiger partial charge in [-0.05, 0) is 67.0 Å². The smallest absolute Gasteiger partial charge is 0.257 e. The summed E-state index contributed by atoms with van der Waals surface area (Å²) in [6, 6.07) is 20.1. The Balaban J connectivity index is 1.37. The molecule has 1 unspecified atom stereocenters. The molecule has 0 aliphatic rings. The first-order valence-electron chi connectivity index (χ1n) is 14.2. The highest BCUT2D eigenvalue weighted by atomic mass is 32.1. The van der Waals surface area contributed by atoms with Gasteiger partial charge in [-0.25, -0.2) is 4.98 Å². The average molecular weight is 556 g/mol. The number of hydrogen-bond acceptors (Lipinski definition) is 6. The third-order valence-corrected chi connectivity index (χ3v) is 8.13. The van der Waals surface area contributed by atoms with Crippen LogP contribution in [0.3, 0.4) is 0 Å². The van der Waals surface area contributed by atoms with Crippen molar-refractivity contribution >= 4 is 28.3 Å². The van der Waals surface area contributed by atoms with Crippen molar-refractivity contribution in [3.05, 3.63) is 88.1 Å². The van der Waals surface area contributed by atoms with E-state index in [0.717, 1.165) is 48.1 Å². The maximum Gasteiger partial charge on any atom is 0.257 e. The van der Waals surface area contributed by atoms with E-state index in [-0.39, 0.29) is 11.9 Å². The number of nitrogens with zero attached hydrogens (tertiary/aromatic N) is 4. The van der Waals surface area contributed by atoms with Gasteiger partial charge in [-0.15, -0.1) is 11.3 Å². The molecule has 8 heteroatoms. The van der Waals surface area contributed by atoms with E-state index in [9.17, 15) is 4.79 Å². The molecule has 1 amide bonds. The first kappa shape index (κ1) is 27.8. The topological polar surface area (TPSA) is 85.8 Å². The number of hydrogen-bond donors (Lipinski definition) is 1. The summed E-state index contributed by atoms with van der Waals surface area (Å²) in [7, 11) is 0. The zero-order valence-corrected chi connectivity index (χ0v) is 24.4. The van der Waals surface area contributed by atoms with E-state index >= 15 is 0 Å². The quantitative estimate of drug-likeness (QED) is 0.172. The molecule has 0 radical (unpaired) electrons. The van der Waals surface area contributed by atoms with Gasteiger partial charge in [0, 0.05) is 40.9 Å². The zero-order valence-electron chi connectivity index (χ0n) is 23.6. The molecular formula is C32H37N5O2S. The van der Waals surface area contributed by atoms with E-state index in [1.165, 1.54) is 4.88 Å². The van der Waals surface area contributed by atoms with E-state index < -0.39 is 0 Å². The van der Waals surface area contributed by atoms with Crippen LogP contribution in [0.5, 0.6) is 0 Å². The van der Waals surface area contributed by atoms with E-state index in [0.29, 0.717) is 35.7 Å². The molecule has 208 valence electrons. The molecular weight excluding hydrogens is 518 g/mol. The number of carbonyl (C=O) groups excluding carboxylic acids is 1. The molecule has 2 aromatic carbocycles. The number of rotatable bonds is 12.